The van der Waals surface area contributed by atoms with Crippen molar-refractivity contribution in [2.75, 3.05) is 18.5 Å². The first-order valence-corrected chi connectivity index (χ1v) is 15.5. The third-order valence-corrected chi connectivity index (χ3v) is 8.41. The number of ether oxygens (including phenoxy) is 2. The summed E-state index contributed by atoms with van der Waals surface area (Å²) >= 11 is 3.00. The van der Waals surface area contributed by atoms with Crippen LogP contribution in [0.25, 0.3) is 16.8 Å². The average Bonchev–Trinajstić information content (AvgIpc) is 3.24. The molecule has 4 aromatic carbocycles. The van der Waals surface area contributed by atoms with Gasteiger partial charge in [-0.15, -0.1) is 0 Å². The fraction of sp³-hybridized carbons (Fsp3) is 0.182. The molecule has 1 aliphatic rings. The first-order valence-electron chi connectivity index (χ1n) is 13.6. The number of carbonyl (C=O) groups is 3. The van der Waals surface area contributed by atoms with Crippen LogP contribution in [0.1, 0.15) is 30.5 Å². The molecule has 214 valence electrons. The zero-order valence-corrected chi connectivity index (χ0v) is 26.2. The SMILES string of the molecule is CCOc1cc(/C=C2/SC(=O)N(CC(=O)Nc3ccc(CC)cc3)C2=O)cc(I)c1OCc1cccc2ccccc12. The van der Waals surface area contributed by atoms with Crippen molar-refractivity contribution in [1.29, 1.82) is 0 Å². The number of amides is 3. The minimum absolute atomic E-state index is 0.239. The number of hydrogen-bond donors (Lipinski definition) is 1. The summed E-state index contributed by atoms with van der Waals surface area (Å²) < 4.78 is 13.0. The lowest BCUT2D eigenvalue weighted by atomic mass is 10.1. The van der Waals surface area contributed by atoms with Crippen molar-refractivity contribution in [3.8, 4) is 11.5 Å². The van der Waals surface area contributed by atoms with E-state index < -0.39 is 17.1 Å². The summed E-state index contributed by atoms with van der Waals surface area (Å²) in [6.07, 6.45) is 2.54. The molecule has 3 amide bonds. The molecule has 7 nitrogen and oxygen atoms in total. The number of thioether (sulfide) groups is 1. The van der Waals surface area contributed by atoms with Crippen LogP contribution in [0, 0.1) is 3.57 Å². The Morgan fingerprint density at radius 3 is 2.50 bits per heavy atom. The Kier molecular flexibility index (Phi) is 9.48. The number of rotatable bonds is 10. The highest BCUT2D eigenvalue weighted by Crippen LogP contribution is 2.38. The second-order valence-corrected chi connectivity index (χ2v) is 11.7. The lowest BCUT2D eigenvalue weighted by molar-refractivity contribution is -0.127. The maximum atomic E-state index is 13.1. The fourth-order valence-electron chi connectivity index (χ4n) is 4.60. The Labute approximate surface area is 262 Å². The summed E-state index contributed by atoms with van der Waals surface area (Å²) in [7, 11) is 0. The Morgan fingerprint density at radius 1 is 0.976 bits per heavy atom. The predicted octanol–water partition coefficient (Wildman–Crippen LogP) is 7.66. The standard InChI is InChI=1S/C33H29IN2O5S/c1-3-21-12-14-25(15-13-21)35-30(37)19-36-32(38)29(42-33(36)39)18-22-16-27(34)31(28(17-22)40-4-2)41-20-24-10-7-9-23-8-5-6-11-26(23)24/h5-18H,3-4,19-20H2,1-2H3,(H,35,37)/b29-18+. The van der Waals surface area contributed by atoms with Gasteiger partial charge in [-0.3, -0.25) is 19.3 Å². The van der Waals surface area contributed by atoms with Crippen molar-refractivity contribution in [2.45, 2.75) is 26.9 Å². The second kappa shape index (κ2) is 13.4. The van der Waals surface area contributed by atoms with Crippen LogP contribution < -0.4 is 14.8 Å². The minimum atomic E-state index is -0.509. The molecular formula is C33H29IN2O5S. The largest absolute Gasteiger partial charge is 0.490 e. The van der Waals surface area contributed by atoms with Gasteiger partial charge in [0.05, 0.1) is 15.1 Å². The minimum Gasteiger partial charge on any atom is -0.490 e. The lowest BCUT2D eigenvalue weighted by Gasteiger charge is -2.16. The van der Waals surface area contributed by atoms with E-state index in [0.29, 0.717) is 36.0 Å². The zero-order valence-electron chi connectivity index (χ0n) is 23.2. The maximum absolute atomic E-state index is 13.1. The van der Waals surface area contributed by atoms with Crippen molar-refractivity contribution >= 4 is 73.9 Å². The highest BCUT2D eigenvalue weighted by atomic mass is 127. The van der Waals surface area contributed by atoms with Crippen molar-refractivity contribution in [1.82, 2.24) is 4.90 Å². The van der Waals surface area contributed by atoms with E-state index in [-0.39, 0.29) is 11.4 Å². The normalized spacial score (nSPS) is 14.1. The molecule has 1 fully saturated rings. The topological polar surface area (TPSA) is 84.9 Å². The van der Waals surface area contributed by atoms with Gasteiger partial charge in [-0.25, -0.2) is 0 Å². The van der Waals surface area contributed by atoms with E-state index in [1.165, 1.54) is 0 Å². The molecule has 5 rings (SSSR count). The average molecular weight is 693 g/mol. The van der Waals surface area contributed by atoms with Crippen LogP contribution in [0.15, 0.2) is 83.8 Å². The predicted molar refractivity (Wildman–Crippen MR) is 176 cm³/mol. The summed E-state index contributed by atoms with van der Waals surface area (Å²) in [5.74, 6) is 0.206. The Bertz CT molecular complexity index is 1680. The number of aryl methyl sites for hydroxylation is 1. The number of benzene rings is 4. The van der Waals surface area contributed by atoms with Crippen molar-refractivity contribution in [2.24, 2.45) is 0 Å². The second-order valence-electron chi connectivity index (χ2n) is 9.56. The van der Waals surface area contributed by atoms with Crippen LogP contribution >= 0.6 is 34.4 Å². The molecular weight excluding hydrogens is 663 g/mol. The monoisotopic (exact) mass is 692 g/mol. The number of anilines is 1. The molecule has 0 unspecified atom stereocenters. The zero-order chi connectivity index (χ0) is 29.6. The van der Waals surface area contributed by atoms with Gasteiger partial charge in [0.2, 0.25) is 5.91 Å². The van der Waals surface area contributed by atoms with Gasteiger partial charge in [-0.2, -0.15) is 0 Å². The highest BCUT2D eigenvalue weighted by Gasteiger charge is 2.36. The molecule has 0 atom stereocenters. The van der Waals surface area contributed by atoms with Crippen LogP contribution in [0.2, 0.25) is 0 Å². The number of carbonyl (C=O) groups excluding carboxylic acids is 3. The third kappa shape index (κ3) is 6.79. The van der Waals surface area contributed by atoms with Gasteiger partial charge in [0.25, 0.3) is 11.1 Å². The molecule has 9 heteroatoms. The summed E-state index contributed by atoms with van der Waals surface area (Å²) in [6, 6.07) is 25.4. The number of nitrogens with zero attached hydrogens (tertiary/aromatic N) is 1. The summed E-state index contributed by atoms with van der Waals surface area (Å²) in [6.45, 7) is 4.37. The number of nitrogens with one attached hydrogen (secondary N) is 1. The van der Waals surface area contributed by atoms with Gasteiger partial charge in [-0.05, 0) is 106 Å². The summed E-state index contributed by atoms with van der Waals surface area (Å²) in [4.78, 5) is 39.6. The van der Waals surface area contributed by atoms with Crippen molar-refractivity contribution in [3.63, 3.8) is 0 Å². The van der Waals surface area contributed by atoms with Gasteiger partial charge in [0, 0.05) is 5.69 Å². The maximum Gasteiger partial charge on any atom is 0.294 e. The Balaban J connectivity index is 1.31. The molecule has 0 aromatic heterocycles. The number of hydrogen-bond acceptors (Lipinski definition) is 6. The smallest absolute Gasteiger partial charge is 0.294 e. The van der Waals surface area contributed by atoms with Crippen LogP contribution in [0.5, 0.6) is 11.5 Å². The van der Waals surface area contributed by atoms with Gasteiger partial charge in [0.1, 0.15) is 13.2 Å². The van der Waals surface area contributed by atoms with E-state index in [9.17, 15) is 14.4 Å². The number of halogens is 1. The quantitative estimate of drug-likeness (QED) is 0.136. The van der Waals surface area contributed by atoms with E-state index in [2.05, 4.69) is 53.0 Å². The van der Waals surface area contributed by atoms with Crippen LogP contribution in [-0.2, 0) is 22.6 Å². The van der Waals surface area contributed by atoms with Gasteiger partial charge >= 0.3 is 0 Å². The van der Waals surface area contributed by atoms with Gasteiger partial charge in [-0.1, -0.05) is 61.5 Å². The van der Waals surface area contributed by atoms with Gasteiger partial charge < -0.3 is 14.8 Å². The van der Waals surface area contributed by atoms with Crippen LogP contribution in [-0.4, -0.2) is 35.1 Å². The Hall–Kier alpha value is -3.83. The van der Waals surface area contributed by atoms with Crippen molar-refractivity contribution < 1.29 is 23.9 Å². The summed E-state index contributed by atoms with van der Waals surface area (Å²) in [5, 5.41) is 4.53. The lowest BCUT2D eigenvalue weighted by Crippen LogP contribution is -2.36. The molecule has 42 heavy (non-hydrogen) atoms. The first-order chi connectivity index (χ1) is 20.4. The molecule has 1 aliphatic heterocycles. The molecule has 0 bridgehead atoms. The van der Waals surface area contributed by atoms with E-state index >= 15 is 0 Å². The van der Waals surface area contributed by atoms with E-state index in [4.69, 9.17) is 9.47 Å². The van der Waals surface area contributed by atoms with Crippen molar-refractivity contribution in [3.05, 3.63) is 104 Å². The summed E-state index contributed by atoms with van der Waals surface area (Å²) in [5.41, 5.74) is 3.51. The van der Waals surface area contributed by atoms with E-state index in [1.807, 2.05) is 49.4 Å². The number of imide groups is 1. The molecule has 0 spiro atoms. The number of fused-ring (bicyclic) bond motifs is 1. The Morgan fingerprint density at radius 2 is 1.74 bits per heavy atom. The highest BCUT2D eigenvalue weighted by molar-refractivity contribution is 14.1. The fourth-order valence-corrected chi connectivity index (χ4v) is 6.22. The molecule has 0 radical (unpaired) electrons. The molecule has 1 N–H and O–H groups in total. The van der Waals surface area contributed by atoms with Crippen LogP contribution in [0.4, 0.5) is 10.5 Å². The molecule has 4 aromatic rings. The molecule has 1 saturated heterocycles. The van der Waals surface area contributed by atoms with E-state index in [1.54, 1.807) is 24.3 Å². The first kappa shape index (κ1) is 29.7. The van der Waals surface area contributed by atoms with E-state index in [0.717, 1.165) is 48.6 Å². The molecule has 1 heterocycles. The molecule has 0 saturated carbocycles. The van der Waals surface area contributed by atoms with Crippen LogP contribution in [0.3, 0.4) is 0 Å². The third-order valence-electron chi connectivity index (χ3n) is 6.70. The molecule has 0 aliphatic carbocycles. The van der Waals surface area contributed by atoms with Gasteiger partial charge in [0.15, 0.2) is 11.5 Å².